The Morgan fingerprint density at radius 1 is 1.21 bits per heavy atom. The van der Waals surface area contributed by atoms with Gasteiger partial charge in [-0.3, -0.25) is 4.90 Å². The number of phenolic OH excluding ortho intramolecular Hbond substituents is 1. The third-order valence-electron chi connectivity index (χ3n) is 5.17. The predicted octanol–water partition coefficient (Wildman–Crippen LogP) is 4.03. The molecule has 1 aliphatic heterocycles. The van der Waals surface area contributed by atoms with E-state index in [-0.39, 0.29) is 0 Å². The minimum atomic E-state index is 0.339. The van der Waals surface area contributed by atoms with Crippen LogP contribution in [0.25, 0.3) is 0 Å². The molecule has 0 radical (unpaired) electrons. The maximum absolute atomic E-state index is 10.2. The largest absolute Gasteiger partial charge is 0.508 e. The highest BCUT2D eigenvalue weighted by Gasteiger charge is 2.37. The molecule has 0 spiro atoms. The first kappa shape index (κ1) is 13.0. The van der Waals surface area contributed by atoms with E-state index in [2.05, 4.69) is 24.0 Å². The lowest BCUT2D eigenvalue weighted by molar-refractivity contribution is 0.0735. The molecule has 1 saturated heterocycles. The molecule has 3 rings (SSSR count). The van der Waals surface area contributed by atoms with E-state index in [0.29, 0.717) is 11.8 Å². The molecular weight excluding hydrogens is 234 g/mol. The fourth-order valence-corrected chi connectivity index (χ4v) is 4.16. The van der Waals surface area contributed by atoms with Crippen LogP contribution in [0.3, 0.4) is 0 Å². The first-order valence-corrected chi connectivity index (χ1v) is 7.72. The molecule has 1 aromatic rings. The van der Waals surface area contributed by atoms with Gasteiger partial charge in [-0.25, -0.2) is 0 Å². The minimum Gasteiger partial charge on any atom is -0.508 e. The van der Waals surface area contributed by atoms with Gasteiger partial charge in [0.05, 0.1) is 0 Å². The summed E-state index contributed by atoms with van der Waals surface area (Å²) in [5.41, 5.74) is 2.23. The molecule has 1 aliphatic carbocycles. The number of piperidine rings is 1. The lowest BCUT2D eigenvalue weighted by Crippen LogP contribution is -2.43. The smallest absolute Gasteiger partial charge is 0.120 e. The molecule has 2 nitrogen and oxygen atoms in total. The third kappa shape index (κ3) is 2.38. The van der Waals surface area contributed by atoms with Crippen LogP contribution >= 0.6 is 0 Å². The topological polar surface area (TPSA) is 23.5 Å². The van der Waals surface area contributed by atoms with Gasteiger partial charge in [0.25, 0.3) is 0 Å². The van der Waals surface area contributed by atoms with Crippen molar-refractivity contribution in [1.29, 1.82) is 0 Å². The minimum absolute atomic E-state index is 0.339. The maximum atomic E-state index is 10.2. The van der Waals surface area contributed by atoms with Gasteiger partial charge in [0.2, 0.25) is 0 Å². The standard InChI is InChI=1S/C17H25NO/c1-12-8-9-15(17(19)11-12)13(2)18-10-4-6-14-5-3-7-16(14)18/h8-9,11,13-14,16,19H,3-7,10H2,1-2H3. The number of phenols is 1. The van der Waals surface area contributed by atoms with Crippen molar-refractivity contribution in [2.75, 3.05) is 6.54 Å². The van der Waals surface area contributed by atoms with E-state index in [1.165, 1.54) is 38.6 Å². The second-order valence-corrected chi connectivity index (χ2v) is 6.38. The molecule has 19 heavy (non-hydrogen) atoms. The first-order valence-electron chi connectivity index (χ1n) is 7.72. The molecule has 3 unspecified atom stereocenters. The molecule has 1 heterocycles. The van der Waals surface area contributed by atoms with Crippen LogP contribution in [0.15, 0.2) is 18.2 Å². The van der Waals surface area contributed by atoms with Gasteiger partial charge in [-0.1, -0.05) is 18.6 Å². The van der Waals surface area contributed by atoms with E-state index in [1.54, 1.807) is 0 Å². The van der Waals surface area contributed by atoms with Crippen molar-refractivity contribution in [2.24, 2.45) is 5.92 Å². The zero-order valence-electron chi connectivity index (χ0n) is 12.1. The lowest BCUT2D eigenvalue weighted by atomic mass is 9.89. The van der Waals surface area contributed by atoms with Crippen molar-refractivity contribution in [3.8, 4) is 5.75 Å². The Balaban J connectivity index is 1.84. The Labute approximate surface area is 116 Å². The monoisotopic (exact) mass is 259 g/mol. The van der Waals surface area contributed by atoms with Crippen LogP contribution in [0.1, 0.15) is 56.2 Å². The summed E-state index contributed by atoms with van der Waals surface area (Å²) >= 11 is 0. The van der Waals surface area contributed by atoms with Gasteiger partial charge in [-0.2, -0.15) is 0 Å². The van der Waals surface area contributed by atoms with E-state index in [9.17, 15) is 5.11 Å². The molecule has 1 aromatic carbocycles. The zero-order valence-corrected chi connectivity index (χ0v) is 12.1. The van der Waals surface area contributed by atoms with E-state index < -0.39 is 0 Å². The summed E-state index contributed by atoms with van der Waals surface area (Å²) in [6, 6.07) is 7.20. The van der Waals surface area contributed by atoms with Crippen LogP contribution < -0.4 is 0 Å². The Bertz CT molecular complexity index is 457. The Morgan fingerprint density at radius 3 is 2.79 bits per heavy atom. The summed E-state index contributed by atoms with van der Waals surface area (Å²) in [4.78, 5) is 2.64. The molecule has 2 fully saturated rings. The third-order valence-corrected chi connectivity index (χ3v) is 5.17. The average Bonchev–Trinajstić information content (AvgIpc) is 2.86. The quantitative estimate of drug-likeness (QED) is 0.867. The van der Waals surface area contributed by atoms with Crippen molar-refractivity contribution in [2.45, 2.75) is 58.0 Å². The molecule has 2 aliphatic rings. The van der Waals surface area contributed by atoms with Crippen LogP contribution in [-0.4, -0.2) is 22.6 Å². The lowest BCUT2D eigenvalue weighted by Gasteiger charge is -2.42. The van der Waals surface area contributed by atoms with Gasteiger partial charge in [0, 0.05) is 17.6 Å². The van der Waals surface area contributed by atoms with Gasteiger partial charge in [0.15, 0.2) is 0 Å². The summed E-state index contributed by atoms with van der Waals surface area (Å²) in [7, 11) is 0. The number of rotatable bonds is 2. The van der Waals surface area contributed by atoms with Crippen molar-refractivity contribution >= 4 is 0 Å². The molecule has 2 heteroatoms. The predicted molar refractivity (Wildman–Crippen MR) is 78.3 cm³/mol. The summed E-state index contributed by atoms with van der Waals surface area (Å²) < 4.78 is 0. The second kappa shape index (κ2) is 5.16. The van der Waals surface area contributed by atoms with Crippen molar-refractivity contribution in [3.63, 3.8) is 0 Å². The van der Waals surface area contributed by atoms with Crippen molar-refractivity contribution in [3.05, 3.63) is 29.3 Å². The normalized spacial score (nSPS) is 29.2. The molecule has 1 saturated carbocycles. The average molecular weight is 259 g/mol. The van der Waals surface area contributed by atoms with E-state index in [1.807, 2.05) is 13.0 Å². The number of likely N-dealkylation sites (tertiary alicyclic amines) is 1. The Kier molecular flexibility index (Phi) is 3.53. The molecule has 0 aromatic heterocycles. The zero-order chi connectivity index (χ0) is 13.4. The molecule has 3 atom stereocenters. The highest BCUT2D eigenvalue weighted by Crippen LogP contribution is 2.41. The second-order valence-electron chi connectivity index (χ2n) is 6.38. The summed E-state index contributed by atoms with van der Waals surface area (Å²) in [5.74, 6) is 1.37. The molecule has 104 valence electrons. The number of aromatic hydroxyl groups is 1. The van der Waals surface area contributed by atoms with Crippen LogP contribution in [0.4, 0.5) is 0 Å². The van der Waals surface area contributed by atoms with Crippen LogP contribution in [0.2, 0.25) is 0 Å². The van der Waals surface area contributed by atoms with Crippen molar-refractivity contribution in [1.82, 2.24) is 4.90 Å². The SMILES string of the molecule is Cc1ccc(C(C)N2CCCC3CCCC32)c(O)c1. The van der Waals surface area contributed by atoms with Crippen LogP contribution in [-0.2, 0) is 0 Å². The van der Waals surface area contributed by atoms with E-state index >= 15 is 0 Å². The number of hydrogen-bond acceptors (Lipinski definition) is 2. The number of benzene rings is 1. The number of nitrogens with zero attached hydrogens (tertiary/aromatic N) is 1. The Hall–Kier alpha value is -1.02. The van der Waals surface area contributed by atoms with E-state index in [4.69, 9.17) is 0 Å². The highest BCUT2D eigenvalue weighted by atomic mass is 16.3. The maximum Gasteiger partial charge on any atom is 0.120 e. The summed E-state index contributed by atoms with van der Waals surface area (Å²) in [5, 5.41) is 10.2. The van der Waals surface area contributed by atoms with Crippen LogP contribution in [0.5, 0.6) is 5.75 Å². The van der Waals surface area contributed by atoms with Gasteiger partial charge in [-0.05, 0) is 63.6 Å². The van der Waals surface area contributed by atoms with Gasteiger partial charge < -0.3 is 5.11 Å². The van der Waals surface area contributed by atoms with Gasteiger partial charge in [0.1, 0.15) is 5.75 Å². The van der Waals surface area contributed by atoms with Gasteiger partial charge >= 0.3 is 0 Å². The molecule has 0 amide bonds. The molecule has 1 N–H and O–H groups in total. The fraction of sp³-hybridized carbons (Fsp3) is 0.647. The molecule has 0 bridgehead atoms. The summed E-state index contributed by atoms with van der Waals surface area (Å²) in [6.45, 7) is 5.47. The fourth-order valence-electron chi connectivity index (χ4n) is 4.16. The van der Waals surface area contributed by atoms with Crippen molar-refractivity contribution < 1.29 is 5.11 Å². The van der Waals surface area contributed by atoms with E-state index in [0.717, 1.165) is 23.1 Å². The number of aryl methyl sites for hydroxylation is 1. The van der Waals surface area contributed by atoms with Crippen LogP contribution in [0, 0.1) is 12.8 Å². The molecular formula is C17H25NO. The highest BCUT2D eigenvalue weighted by molar-refractivity contribution is 5.38. The number of hydrogen-bond donors (Lipinski definition) is 1. The Morgan fingerprint density at radius 2 is 2.00 bits per heavy atom. The number of fused-ring (bicyclic) bond motifs is 1. The van der Waals surface area contributed by atoms with Gasteiger partial charge in [-0.15, -0.1) is 0 Å². The first-order chi connectivity index (χ1) is 9.16. The summed E-state index contributed by atoms with van der Waals surface area (Å²) in [6.07, 6.45) is 6.87.